The van der Waals surface area contributed by atoms with E-state index in [9.17, 15) is 0 Å². The molecule has 0 aliphatic carbocycles. The molecule has 0 aliphatic rings. The average Bonchev–Trinajstić information content (AvgIpc) is 3.94. The van der Waals surface area contributed by atoms with Gasteiger partial charge in [-0.1, -0.05) is 127 Å². The molecule has 0 radical (unpaired) electrons. The summed E-state index contributed by atoms with van der Waals surface area (Å²) in [7, 11) is 0. The van der Waals surface area contributed by atoms with Crippen molar-refractivity contribution in [3.63, 3.8) is 0 Å². The Bertz CT molecular complexity index is 3390. The van der Waals surface area contributed by atoms with Gasteiger partial charge in [-0.3, -0.25) is 0 Å². The highest BCUT2D eigenvalue weighted by molar-refractivity contribution is 6.24. The van der Waals surface area contributed by atoms with E-state index in [4.69, 9.17) is 14.4 Å². The van der Waals surface area contributed by atoms with Gasteiger partial charge in [-0.05, 0) is 66.7 Å². The maximum Gasteiger partial charge on any atom is 0.160 e. The summed E-state index contributed by atoms with van der Waals surface area (Å²) in [6, 6.07) is 68.3. The molecule has 57 heavy (non-hydrogen) atoms. The SMILES string of the molecule is c1ccc(-c2cc(-c3ccc(-n4c5ccc(-n6c7ccccc7c7ccccc76)cc5c5ccc6oc7ccccc7c6c54)cc3)nc(-c3ccccc3)n2)cc1. The van der Waals surface area contributed by atoms with Gasteiger partial charge >= 0.3 is 0 Å². The molecular weight excluding hydrogens is 697 g/mol. The summed E-state index contributed by atoms with van der Waals surface area (Å²) in [6.45, 7) is 0. The van der Waals surface area contributed by atoms with Crippen LogP contribution in [0.4, 0.5) is 0 Å². The van der Waals surface area contributed by atoms with Crippen LogP contribution in [-0.4, -0.2) is 19.1 Å². The summed E-state index contributed by atoms with van der Waals surface area (Å²) in [5.74, 6) is 0.701. The number of rotatable bonds is 5. The topological polar surface area (TPSA) is 48.8 Å². The summed E-state index contributed by atoms with van der Waals surface area (Å²) in [5.41, 5.74) is 13.4. The number of aromatic nitrogens is 4. The number of hydrogen-bond acceptors (Lipinski definition) is 3. The van der Waals surface area contributed by atoms with E-state index in [1.807, 2.05) is 42.5 Å². The lowest BCUT2D eigenvalue weighted by molar-refractivity contribution is 0.669. The molecular formula is C52H32N4O. The van der Waals surface area contributed by atoms with Crippen LogP contribution in [0.5, 0.6) is 0 Å². The number of para-hydroxylation sites is 3. The molecule has 0 N–H and O–H groups in total. The number of fused-ring (bicyclic) bond motifs is 10. The number of furan rings is 1. The van der Waals surface area contributed by atoms with Crippen molar-refractivity contribution >= 4 is 65.6 Å². The van der Waals surface area contributed by atoms with Crippen LogP contribution in [0.3, 0.4) is 0 Å². The van der Waals surface area contributed by atoms with Crippen LogP contribution in [0.2, 0.25) is 0 Å². The minimum atomic E-state index is 0.701. The Morgan fingerprint density at radius 3 is 1.61 bits per heavy atom. The first kappa shape index (κ1) is 31.6. The van der Waals surface area contributed by atoms with Gasteiger partial charge in [0.25, 0.3) is 0 Å². The van der Waals surface area contributed by atoms with E-state index in [2.05, 4.69) is 161 Å². The maximum absolute atomic E-state index is 6.47. The zero-order valence-electron chi connectivity index (χ0n) is 30.7. The van der Waals surface area contributed by atoms with E-state index >= 15 is 0 Å². The summed E-state index contributed by atoms with van der Waals surface area (Å²) in [5, 5.41) is 7.06. The second kappa shape index (κ2) is 12.4. The van der Waals surface area contributed by atoms with E-state index in [0.29, 0.717) is 5.82 Å². The molecule has 0 fully saturated rings. The van der Waals surface area contributed by atoms with Crippen molar-refractivity contribution in [3.05, 3.63) is 194 Å². The molecule has 5 nitrogen and oxygen atoms in total. The van der Waals surface area contributed by atoms with Gasteiger partial charge < -0.3 is 13.6 Å². The Balaban J connectivity index is 1.08. The number of nitrogens with zero attached hydrogens (tertiary/aromatic N) is 4. The van der Waals surface area contributed by atoms with Crippen molar-refractivity contribution in [1.29, 1.82) is 0 Å². The molecule has 0 spiro atoms. The Kier molecular flexibility index (Phi) is 6.86. The highest BCUT2D eigenvalue weighted by atomic mass is 16.3. The smallest absolute Gasteiger partial charge is 0.160 e. The largest absolute Gasteiger partial charge is 0.456 e. The average molecular weight is 729 g/mol. The van der Waals surface area contributed by atoms with Crippen LogP contribution in [0, 0.1) is 0 Å². The van der Waals surface area contributed by atoms with Crippen molar-refractivity contribution < 1.29 is 4.42 Å². The van der Waals surface area contributed by atoms with Crippen LogP contribution in [-0.2, 0) is 0 Å². The zero-order chi connectivity index (χ0) is 37.5. The molecule has 0 amide bonds. The van der Waals surface area contributed by atoms with Crippen LogP contribution in [0.15, 0.2) is 199 Å². The van der Waals surface area contributed by atoms with Crippen LogP contribution in [0.25, 0.3) is 111 Å². The fourth-order valence-electron chi connectivity index (χ4n) is 8.76. The molecule has 4 aromatic heterocycles. The molecule has 5 heteroatoms. The van der Waals surface area contributed by atoms with E-state index in [-0.39, 0.29) is 0 Å². The highest BCUT2D eigenvalue weighted by Crippen LogP contribution is 2.42. The lowest BCUT2D eigenvalue weighted by Gasteiger charge is -2.12. The molecule has 0 unspecified atom stereocenters. The van der Waals surface area contributed by atoms with Crippen LogP contribution >= 0.6 is 0 Å². The lowest BCUT2D eigenvalue weighted by atomic mass is 10.1. The molecule has 0 aliphatic heterocycles. The highest BCUT2D eigenvalue weighted by Gasteiger charge is 2.21. The van der Waals surface area contributed by atoms with E-state index in [0.717, 1.165) is 72.4 Å². The monoisotopic (exact) mass is 728 g/mol. The standard InChI is InChI=1S/C52H32N4O/c1-3-13-33(14-4-1)43-32-44(54-52(53-43)35-15-5-2-6-16-35)34-23-25-36(26-24-34)56-47-29-27-37(55-45-20-10-7-17-38(45)39-18-8-11-21-46(39)55)31-42(47)40-28-30-49-50(51(40)56)41-19-9-12-22-48(41)57-49/h1-32H. The van der Waals surface area contributed by atoms with Crippen molar-refractivity contribution in [3.8, 4) is 45.3 Å². The summed E-state index contributed by atoms with van der Waals surface area (Å²) in [6.07, 6.45) is 0. The molecule has 0 saturated carbocycles. The molecule has 0 atom stereocenters. The van der Waals surface area contributed by atoms with Gasteiger partial charge in [0, 0.05) is 55.0 Å². The van der Waals surface area contributed by atoms with Gasteiger partial charge in [0.2, 0.25) is 0 Å². The Morgan fingerprint density at radius 2 is 0.912 bits per heavy atom. The Hall–Kier alpha value is -7.76. The third-order valence-corrected chi connectivity index (χ3v) is 11.3. The van der Waals surface area contributed by atoms with Crippen LogP contribution in [0.1, 0.15) is 0 Å². The molecule has 12 aromatic rings. The van der Waals surface area contributed by atoms with E-state index in [1.54, 1.807) is 0 Å². The second-order valence-corrected chi connectivity index (χ2v) is 14.6. The van der Waals surface area contributed by atoms with Crippen molar-refractivity contribution in [2.24, 2.45) is 0 Å². The first-order valence-electron chi connectivity index (χ1n) is 19.2. The van der Waals surface area contributed by atoms with Gasteiger partial charge in [0.15, 0.2) is 5.82 Å². The molecule has 0 bridgehead atoms. The summed E-state index contributed by atoms with van der Waals surface area (Å²) >= 11 is 0. The predicted octanol–water partition coefficient (Wildman–Crippen LogP) is 13.6. The minimum absolute atomic E-state index is 0.701. The summed E-state index contributed by atoms with van der Waals surface area (Å²) < 4.78 is 11.3. The zero-order valence-corrected chi connectivity index (χ0v) is 30.7. The fraction of sp³-hybridized carbons (Fsp3) is 0. The minimum Gasteiger partial charge on any atom is -0.456 e. The van der Waals surface area contributed by atoms with Gasteiger partial charge in [0.05, 0.1) is 38.8 Å². The van der Waals surface area contributed by atoms with Crippen LogP contribution < -0.4 is 0 Å². The third-order valence-electron chi connectivity index (χ3n) is 11.3. The first-order valence-corrected chi connectivity index (χ1v) is 19.2. The van der Waals surface area contributed by atoms with Gasteiger partial charge in [0.1, 0.15) is 11.2 Å². The molecule has 0 saturated heterocycles. The van der Waals surface area contributed by atoms with Gasteiger partial charge in [-0.2, -0.15) is 0 Å². The van der Waals surface area contributed by atoms with Gasteiger partial charge in [-0.25, -0.2) is 9.97 Å². The summed E-state index contributed by atoms with van der Waals surface area (Å²) in [4.78, 5) is 10.1. The molecule has 4 heterocycles. The second-order valence-electron chi connectivity index (χ2n) is 14.6. The Morgan fingerprint density at radius 1 is 0.351 bits per heavy atom. The number of benzene rings is 8. The van der Waals surface area contributed by atoms with Crippen molar-refractivity contribution in [2.45, 2.75) is 0 Å². The quantitative estimate of drug-likeness (QED) is 0.177. The maximum atomic E-state index is 6.47. The van der Waals surface area contributed by atoms with Gasteiger partial charge in [-0.15, -0.1) is 0 Å². The third kappa shape index (κ3) is 4.89. The molecule has 12 rings (SSSR count). The predicted molar refractivity (Wildman–Crippen MR) is 234 cm³/mol. The Labute approximate surface area is 327 Å². The first-order chi connectivity index (χ1) is 28.3. The number of hydrogen-bond donors (Lipinski definition) is 0. The van der Waals surface area contributed by atoms with Crippen molar-refractivity contribution in [2.75, 3.05) is 0 Å². The van der Waals surface area contributed by atoms with Crippen molar-refractivity contribution in [1.82, 2.24) is 19.1 Å². The molecule has 8 aromatic carbocycles. The van der Waals surface area contributed by atoms with E-state index in [1.165, 1.54) is 32.6 Å². The fourth-order valence-corrected chi connectivity index (χ4v) is 8.76. The van der Waals surface area contributed by atoms with E-state index < -0.39 is 0 Å². The normalized spacial score (nSPS) is 11.9. The molecule has 266 valence electrons. The lowest BCUT2D eigenvalue weighted by Crippen LogP contribution is -1.97.